The van der Waals surface area contributed by atoms with E-state index in [-0.39, 0.29) is 17.9 Å². The van der Waals surface area contributed by atoms with Gasteiger partial charge in [0.25, 0.3) is 5.91 Å². The molecule has 0 unspecified atom stereocenters. The van der Waals surface area contributed by atoms with E-state index in [1.54, 1.807) is 43.6 Å². The van der Waals surface area contributed by atoms with E-state index >= 15 is 0 Å². The van der Waals surface area contributed by atoms with Crippen molar-refractivity contribution in [2.24, 2.45) is 0 Å². The first-order valence-corrected chi connectivity index (χ1v) is 11.2. The molecule has 1 atom stereocenters. The Morgan fingerprint density at radius 2 is 1.94 bits per heavy atom. The number of amides is 2. The number of carbonyl (C=O) groups is 2. The van der Waals surface area contributed by atoms with Crippen molar-refractivity contribution in [2.75, 3.05) is 17.6 Å². The molecule has 2 amide bonds. The van der Waals surface area contributed by atoms with Crippen molar-refractivity contribution < 1.29 is 9.59 Å². The van der Waals surface area contributed by atoms with Crippen molar-refractivity contribution in [1.82, 2.24) is 24.3 Å². The van der Waals surface area contributed by atoms with Crippen LogP contribution in [0.2, 0.25) is 0 Å². The zero-order valence-electron chi connectivity index (χ0n) is 18.8. The second-order valence-corrected chi connectivity index (χ2v) is 8.37. The largest absolute Gasteiger partial charge is 0.382 e. The van der Waals surface area contributed by atoms with Crippen molar-refractivity contribution in [1.29, 1.82) is 0 Å². The SMILES string of the molecule is CC(=O)N1CCC[C@@H]1Cc1nc(-c2ccc(C(=O)Nc3ccccn3)cc2)c2c(N)nccn12. The fourth-order valence-corrected chi connectivity index (χ4v) is 4.55. The summed E-state index contributed by atoms with van der Waals surface area (Å²) in [6, 6.07) is 12.7. The summed E-state index contributed by atoms with van der Waals surface area (Å²) < 4.78 is 1.95. The number of rotatable bonds is 5. The topological polar surface area (TPSA) is 119 Å². The van der Waals surface area contributed by atoms with Gasteiger partial charge in [-0.15, -0.1) is 0 Å². The van der Waals surface area contributed by atoms with E-state index in [1.165, 1.54) is 0 Å². The summed E-state index contributed by atoms with van der Waals surface area (Å²) in [7, 11) is 0. The molecule has 0 aliphatic carbocycles. The Balaban J connectivity index is 1.45. The zero-order valence-corrected chi connectivity index (χ0v) is 18.8. The number of hydrogen-bond donors (Lipinski definition) is 2. The molecule has 1 fully saturated rings. The highest BCUT2D eigenvalue weighted by atomic mass is 16.2. The van der Waals surface area contributed by atoms with Gasteiger partial charge in [-0.1, -0.05) is 18.2 Å². The van der Waals surface area contributed by atoms with Crippen LogP contribution in [0.4, 0.5) is 11.6 Å². The zero-order chi connectivity index (χ0) is 23.7. The predicted octanol–water partition coefficient (Wildman–Crippen LogP) is 3.18. The number of fused-ring (bicyclic) bond motifs is 1. The molecule has 0 bridgehead atoms. The average molecular weight is 456 g/mol. The van der Waals surface area contributed by atoms with Gasteiger partial charge in [-0.25, -0.2) is 15.0 Å². The van der Waals surface area contributed by atoms with Crippen LogP contribution in [-0.4, -0.2) is 48.7 Å². The molecule has 1 aliphatic rings. The monoisotopic (exact) mass is 455 g/mol. The molecule has 9 nitrogen and oxygen atoms in total. The minimum Gasteiger partial charge on any atom is -0.382 e. The third-order valence-corrected chi connectivity index (χ3v) is 6.18. The molecule has 0 radical (unpaired) electrons. The van der Waals surface area contributed by atoms with Crippen LogP contribution < -0.4 is 11.1 Å². The second-order valence-electron chi connectivity index (χ2n) is 8.37. The number of pyridine rings is 1. The Kier molecular flexibility index (Phi) is 5.67. The smallest absolute Gasteiger partial charge is 0.256 e. The van der Waals surface area contributed by atoms with E-state index in [1.807, 2.05) is 33.7 Å². The fourth-order valence-electron chi connectivity index (χ4n) is 4.55. The molecule has 0 spiro atoms. The van der Waals surface area contributed by atoms with E-state index < -0.39 is 0 Å². The van der Waals surface area contributed by atoms with Crippen LogP contribution in [0.1, 0.15) is 35.9 Å². The van der Waals surface area contributed by atoms with Gasteiger partial charge >= 0.3 is 0 Å². The van der Waals surface area contributed by atoms with Gasteiger partial charge in [0.15, 0.2) is 0 Å². The predicted molar refractivity (Wildman–Crippen MR) is 129 cm³/mol. The molecule has 9 heteroatoms. The highest BCUT2D eigenvalue weighted by Crippen LogP contribution is 2.30. The van der Waals surface area contributed by atoms with E-state index in [4.69, 9.17) is 10.7 Å². The molecular weight excluding hydrogens is 430 g/mol. The molecule has 0 saturated carbocycles. The fraction of sp³-hybridized carbons (Fsp3) is 0.240. The lowest BCUT2D eigenvalue weighted by atomic mass is 10.1. The quantitative estimate of drug-likeness (QED) is 0.477. The van der Waals surface area contributed by atoms with E-state index in [2.05, 4.69) is 15.3 Å². The van der Waals surface area contributed by atoms with Crippen LogP contribution >= 0.6 is 0 Å². The standard InChI is InChI=1S/C25H25N7O2/c1-16(33)31-13-4-5-19(31)15-21-30-22(23-24(26)28-12-14-32(21)23)17-7-9-18(10-8-17)25(34)29-20-6-2-3-11-27-20/h2-3,6-12,14,19H,4-5,13,15H2,1H3,(H2,26,28)(H,27,29,34)/t19-/m1/s1. The van der Waals surface area contributed by atoms with Crippen molar-refractivity contribution >= 4 is 29.0 Å². The van der Waals surface area contributed by atoms with Crippen molar-refractivity contribution in [3.63, 3.8) is 0 Å². The lowest BCUT2D eigenvalue weighted by Gasteiger charge is -2.22. The number of hydrogen-bond acceptors (Lipinski definition) is 6. The van der Waals surface area contributed by atoms with Gasteiger partial charge in [-0.05, 0) is 37.1 Å². The van der Waals surface area contributed by atoms with Crippen LogP contribution in [0.5, 0.6) is 0 Å². The molecule has 1 aromatic carbocycles. The Morgan fingerprint density at radius 1 is 1.12 bits per heavy atom. The molecule has 3 aromatic heterocycles. The number of likely N-dealkylation sites (tertiary alicyclic amines) is 1. The van der Waals surface area contributed by atoms with Crippen LogP contribution in [0.25, 0.3) is 16.8 Å². The minimum absolute atomic E-state index is 0.0873. The first-order chi connectivity index (χ1) is 16.5. The number of benzene rings is 1. The van der Waals surface area contributed by atoms with Gasteiger partial charge in [0.2, 0.25) is 5.91 Å². The van der Waals surface area contributed by atoms with Gasteiger partial charge in [-0.3, -0.25) is 14.0 Å². The van der Waals surface area contributed by atoms with Crippen molar-refractivity contribution in [2.45, 2.75) is 32.2 Å². The normalized spacial score (nSPS) is 15.6. The molecule has 3 N–H and O–H groups in total. The summed E-state index contributed by atoms with van der Waals surface area (Å²) in [5, 5.41) is 2.78. The molecular formula is C25H25N7O2. The minimum atomic E-state index is -0.243. The average Bonchev–Trinajstić information content (AvgIpc) is 3.46. The number of aromatic nitrogens is 4. The summed E-state index contributed by atoms with van der Waals surface area (Å²) in [5.74, 6) is 1.54. The Labute approximate surface area is 196 Å². The molecule has 1 aliphatic heterocycles. The number of nitrogens with one attached hydrogen (secondary N) is 1. The number of nitrogen functional groups attached to an aromatic ring is 1. The maximum atomic E-state index is 12.6. The van der Waals surface area contributed by atoms with E-state index in [0.717, 1.165) is 36.3 Å². The number of nitrogens with zero attached hydrogens (tertiary/aromatic N) is 5. The molecule has 1 saturated heterocycles. The van der Waals surface area contributed by atoms with Gasteiger partial charge in [0, 0.05) is 55.6 Å². The van der Waals surface area contributed by atoms with Gasteiger partial charge in [-0.2, -0.15) is 0 Å². The van der Waals surface area contributed by atoms with E-state index in [9.17, 15) is 9.59 Å². The first kappa shape index (κ1) is 21.6. The Bertz CT molecular complexity index is 1350. The number of carbonyl (C=O) groups excluding carboxylic acids is 2. The third kappa shape index (κ3) is 4.07. The van der Waals surface area contributed by atoms with Gasteiger partial charge < -0.3 is 16.0 Å². The Morgan fingerprint density at radius 3 is 2.68 bits per heavy atom. The number of imidazole rings is 1. The highest BCUT2D eigenvalue weighted by Gasteiger charge is 2.28. The highest BCUT2D eigenvalue weighted by molar-refractivity contribution is 6.04. The molecule has 4 aromatic rings. The number of nitrogens with two attached hydrogens (primary N) is 1. The van der Waals surface area contributed by atoms with Crippen molar-refractivity contribution in [3.05, 3.63) is 72.4 Å². The van der Waals surface area contributed by atoms with Gasteiger partial charge in [0.1, 0.15) is 28.7 Å². The Hall–Kier alpha value is -4.27. The molecule has 34 heavy (non-hydrogen) atoms. The maximum Gasteiger partial charge on any atom is 0.256 e. The first-order valence-electron chi connectivity index (χ1n) is 11.2. The van der Waals surface area contributed by atoms with Gasteiger partial charge in [0.05, 0.1) is 0 Å². The lowest BCUT2D eigenvalue weighted by Crippen LogP contribution is -2.35. The van der Waals surface area contributed by atoms with Crippen LogP contribution in [0.15, 0.2) is 61.1 Å². The number of anilines is 2. The van der Waals surface area contributed by atoms with Crippen LogP contribution in [0, 0.1) is 0 Å². The van der Waals surface area contributed by atoms with E-state index in [0.29, 0.717) is 29.3 Å². The summed E-state index contributed by atoms with van der Waals surface area (Å²) in [4.78, 5) is 39.8. The van der Waals surface area contributed by atoms with Crippen molar-refractivity contribution in [3.8, 4) is 11.3 Å². The van der Waals surface area contributed by atoms with Crippen LogP contribution in [-0.2, 0) is 11.2 Å². The summed E-state index contributed by atoms with van der Waals surface area (Å²) in [5.41, 5.74) is 9.00. The molecule has 4 heterocycles. The third-order valence-electron chi connectivity index (χ3n) is 6.18. The summed E-state index contributed by atoms with van der Waals surface area (Å²) >= 11 is 0. The second kappa shape index (κ2) is 8.93. The lowest BCUT2D eigenvalue weighted by molar-refractivity contribution is -0.129. The maximum absolute atomic E-state index is 12.6. The summed E-state index contributed by atoms with van der Waals surface area (Å²) in [6.45, 7) is 2.39. The van der Waals surface area contributed by atoms with Crippen LogP contribution in [0.3, 0.4) is 0 Å². The molecule has 5 rings (SSSR count). The summed E-state index contributed by atoms with van der Waals surface area (Å²) in [6.07, 6.45) is 7.70. The molecule has 172 valence electrons.